The average Bonchev–Trinajstić information content (AvgIpc) is 2.67. The summed E-state index contributed by atoms with van der Waals surface area (Å²) in [5.41, 5.74) is 2.47. The summed E-state index contributed by atoms with van der Waals surface area (Å²) in [6, 6.07) is 32.0. The zero-order chi connectivity index (χ0) is 16.8. The lowest BCUT2D eigenvalue weighted by atomic mass is 9.94. The molecule has 0 amide bonds. The number of rotatable bonds is 1. The van der Waals surface area contributed by atoms with Crippen LogP contribution in [0, 0.1) is 0 Å². The summed E-state index contributed by atoms with van der Waals surface area (Å²) in [5, 5.41) is 8.06. The van der Waals surface area contributed by atoms with Crippen LogP contribution in [-0.2, 0) is 0 Å². The highest BCUT2D eigenvalue weighted by Gasteiger charge is 2.08. The number of hydrogen-bond donors (Lipinski definition) is 0. The van der Waals surface area contributed by atoms with Crippen LogP contribution in [0.3, 0.4) is 0 Å². The number of halogens is 1. The van der Waals surface area contributed by atoms with Gasteiger partial charge in [0.25, 0.3) is 0 Å². The van der Waals surface area contributed by atoms with Crippen molar-refractivity contribution in [2.75, 3.05) is 0 Å². The van der Waals surface area contributed by atoms with Gasteiger partial charge in [-0.2, -0.15) is 0 Å². The molecule has 0 aliphatic rings. The van der Waals surface area contributed by atoms with E-state index in [0.717, 1.165) is 10.4 Å². The van der Waals surface area contributed by atoms with Crippen molar-refractivity contribution in [1.82, 2.24) is 0 Å². The van der Waals surface area contributed by atoms with Crippen LogP contribution in [0.4, 0.5) is 0 Å². The van der Waals surface area contributed by atoms with Crippen molar-refractivity contribution in [3.63, 3.8) is 0 Å². The van der Waals surface area contributed by atoms with E-state index < -0.39 is 0 Å². The number of benzene rings is 5. The molecule has 0 aliphatic heterocycles. The molecule has 0 saturated carbocycles. The predicted octanol–water partition coefficient (Wildman–Crippen LogP) is 7.47. The minimum Gasteiger partial charge on any atom is -0.0836 e. The highest BCUT2D eigenvalue weighted by Crippen LogP contribution is 2.35. The average molecular weight is 339 g/mol. The molecule has 118 valence electrons. The molecule has 0 aromatic heterocycles. The van der Waals surface area contributed by atoms with Gasteiger partial charge >= 0.3 is 0 Å². The van der Waals surface area contributed by atoms with Crippen molar-refractivity contribution in [2.45, 2.75) is 0 Å². The maximum atomic E-state index is 6.53. The summed E-state index contributed by atoms with van der Waals surface area (Å²) in [6.07, 6.45) is 0. The lowest BCUT2D eigenvalue weighted by molar-refractivity contribution is 1.68. The van der Waals surface area contributed by atoms with Crippen LogP contribution in [-0.4, -0.2) is 0 Å². The zero-order valence-electron chi connectivity index (χ0n) is 13.5. The monoisotopic (exact) mass is 338 g/mol. The molecule has 5 rings (SSSR count). The van der Waals surface area contributed by atoms with Gasteiger partial charge in [-0.1, -0.05) is 90.5 Å². The van der Waals surface area contributed by atoms with Crippen molar-refractivity contribution >= 4 is 43.9 Å². The maximum Gasteiger partial charge on any atom is 0.0490 e. The van der Waals surface area contributed by atoms with Crippen molar-refractivity contribution < 1.29 is 0 Å². The Morgan fingerprint density at radius 1 is 0.480 bits per heavy atom. The first-order valence-electron chi connectivity index (χ1n) is 8.40. The molecule has 0 spiro atoms. The first kappa shape index (κ1) is 14.5. The van der Waals surface area contributed by atoms with Crippen LogP contribution < -0.4 is 0 Å². The largest absolute Gasteiger partial charge is 0.0836 e. The maximum absolute atomic E-state index is 6.53. The van der Waals surface area contributed by atoms with Gasteiger partial charge < -0.3 is 0 Å². The van der Waals surface area contributed by atoms with Crippen LogP contribution >= 0.6 is 11.6 Å². The fourth-order valence-electron chi connectivity index (χ4n) is 3.71. The van der Waals surface area contributed by atoms with E-state index in [4.69, 9.17) is 11.6 Å². The van der Waals surface area contributed by atoms with Gasteiger partial charge in [0.1, 0.15) is 0 Å². The van der Waals surface area contributed by atoms with Crippen molar-refractivity contribution in [1.29, 1.82) is 0 Å². The molecular formula is C24H15Cl. The normalized spacial score (nSPS) is 11.4. The van der Waals surface area contributed by atoms with Crippen molar-refractivity contribution in [2.24, 2.45) is 0 Å². The second-order valence-electron chi connectivity index (χ2n) is 6.37. The molecule has 0 saturated heterocycles. The molecule has 5 aromatic rings. The molecule has 0 radical (unpaired) electrons. The molecule has 0 nitrogen and oxygen atoms in total. The lowest BCUT2D eigenvalue weighted by Crippen LogP contribution is -1.84. The summed E-state index contributed by atoms with van der Waals surface area (Å²) in [7, 11) is 0. The van der Waals surface area contributed by atoms with Crippen LogP contribution in [0.1, 0.15) is 0 Å². The quantitative estimate of drug-likeness (QED) is 0.278. The van der Waals surface area contributed by atoms with Gasteiger partial charge in [-0.3, -0.25) is 0 Å². The first-order chi connectivity index (χ1) is 12.3. The molecule has 1 heteroatoms. The van der Waals surface area contributed by atoms with Gasteiger partial charge in [-0.05, 0) is 50.2 Å². The third-order valence-corrected chi connectivity index (χ3v) is 5.22. The summed E-state index contributed by atoms with van der Waals surface area (Å²) < 4.78 is 0. The van der Waals surface area contributed by atoms with Crippen molar-refractivity contribution in [3.05, 3.63) is 96.0 Å². The van der Waals surface area contributed by atoms with E-state index in [1.165, 1.54) is 38.1 Å². The summed E-state index contributed by atoms with van der Waals surface area (Å²) in [5.74, 6) is 0. The second kappa shape index (κ2) is 5.61. The molecule has 0 fully saturated rings. The van der Waals surface area contributed by atoms with Crippen LogP contribution in [0.5, 0.6) is 0 Å². The Labute approximate surface area is 151 Å². The molecule has 0 heterocycles. The summed E-state index contributed by atoms with van der Waals surface area (Å²) in [6.45, 7) is 0. The van der Waals surface area contributed by atoms with E-state index in [2.05, 4.69) is 84.9 Å². The van der Waals surface area contributed by atoms with Crippen molar-refractivity contribution in [3.8, 4) is 11.1 Å². The molecule has 0 unspecified atom stereocenters. The molecular weight excluding hydrogens is 324 g/mol. The van der Waals surface area contributed by atoms with Gasteiger partial charge in [0.2, 0.25) is 0 Å². The van der Waals surface area contributed by atoms with E-state index in [-0.39, 0.29) is 0 Å². The van der Waals surface area contributed by atoms with Gasteiger partial charge in [-0.15, -0.1) is 0 Å². The Morgan fingerprint density at radius 3 is 2.08 bits per heavy atom. The standard InChI is InChI=1S/C24H15Cl/c25-24-15-18-14-17(12-13-21(18)22-9-3-4-10-23(22)24)20-11-5-7-16-6-1-2-8-19(16)20/h1-15H. The van der Waals surface area contributed by atoms with E-state index in [0.29, 0.717) is 0 Å². The lowest BCUT2D eigenvalue weighted by Gasteiger charge is -2.10. The molecule has 25 heavy (non-hydrogen) atoms. The van der Waals surface area contributed by atoms with Crippen LogP contribution in [0.25, 0.3) is 43.4 Å². The van der Waals surface area contributed by atoms with Crippen LogP contribution in [0.2, 0.25) is 5.02 Å². The van der Waals surface area contributed by atoms with Gasteiger partial charge in [0.05, 0.1) is 0 Å². The van der Waals surface area contributed by atoms with Crippen LogP contribution in [0.15, 0.2) is 91.0 Å². The number of fused-ring (bicyclic) bond motifs is 4. The minimum absolute atomic E-state index is 0.804. The van der Waals surface area contributed by atoms with E-state index in [1.807, 2.05) is 6.07 Å². The fourth-order valence-corrected chi connectivity index (χ4v) is 3.99. The highest BCUT2D eigenvalue weighted by atomic mass is 35.5. The Hall–Kier alpha value is -2.83. The minimum atomic E-state index is 0.804. The Bertz CT molecular complexity index is 1250. The summed E-state index contributed by atoms with van der Waals surface area (Å²) >= 11 is 6.53. The van der Waals surface area contributed by atoms with Gasteiger partial charge in [0.15, 0.2) is 0 Å². The third kappa shape index (κ3) is 2.30. The van der Waals surface area contributed by atoms with Gasteiger partial charge in [0, 0.05) is 10.4 Å². The van der Waals surface area contributed by atoms with Gasteiger partial charge in [-0.25, -0.2) is 0 Å². The molecule has 5 aromatic carbocycles. The topological polar surface area (TPSA) is 0 Å². The Kier molecular flexibility index (Phi) is 3.26. The molecule has 0 N–H and O–H groups in total. The fraction of sp³-hybridized carbons (Fsp3) is 0. The number of hydrogen-bond acceptors (Lipinski definition) is 0. The predicted molar refractivity (Wildman–Crippen MR) is 109 cm³/mol. The smallest absolute Gasteiger partial charge is 0.0490 e. The molecule has 0 atom stereocenters. The van der Waals surface area contributed by atoms with E-state index >= 15 is 0 Å². The second-order valence-corrected chi connectivity index (χ2v) is 6.77. The van der Waals surface area contributed by atoms with E-state index in [9.17, 15) is 0 Å². The molecule has 0 aliphatic carbocycles. The summed E-state index contributed by atoms with van der Waals surface area (Å²) in [4.78, 5) is 0. The van der Waals surface area contributed by atoms with E-state index in [1.54, 1.807) is 0 Å². The zero-order valence-corrected chi connectivity index (χ0v) is 14.3. The Balaban J connectivity index is 1.82. The third-order valence-electron chi connectivity index (χ3n) is 4.91. The SMILES string of the molecule is Clc1cc2cc(-c3cccc4ccccc34)ccc2c2ccccc12. The first-order valence-corrected chi connectivity index (χ1v) is 8.78. The Morgan fingerprint density at radius 2 is 1.20 bits per heavy atom. The highest BCUT2D eigenvalue weighted by molar-refractivity contribution is 6.37. The molecule has 0 bridgehead atoms.